The Labute approximate surface area is 185 Å². The first kappa shape index (κ1) is 21.9. The summed E-state index contributed by atoms with van der Waals surface area (Å²) in [6, 6.07) is 11.6. The van der Waals surface area contributed by atoms with E-state index in [1.54, 1.807) is 30.3 Å². The number of amides is 3. The van der Waals surface area contributed by atoms with Gasteiger partial charge in [-0.05, 0) is 45.8 Å². The first-order valence-electron chi connectivity index (χ1n) is 8.88. The summed E-state index contributed by atoms with van der Waals surface area (Å²) in [5.74, 6) is -1.29. The molecule has 1 heterocycles. The van der Waals surface area contributed by atoms with E-state index in [4.69, 9.17) is 14.6 Å². The van der Waals surface area contributed by atoms with Gasteiger partial charge < -0.3 is 19.9 Å². The Morgan fingerprint density at radius 1 is 1.32 bits per heavy atom. The van der Waals surface area contributed by atoms with E-state index in [1.165, 1.54) is 13.2 Å². The number of imide groups is 1. The molecule has 1 aliphatic heterocycles. The van der Waals surface area contributed by atoms with Crippen LogP contribution in [0.5, 0.6) is 11.5 Å². The van der Waals surface area contributed by atoms with Crippen LogP contribution in [-0.4, -0.2) is 41.6 Å². The Balaban J connectivity index is 1.85. The van der Waals surface area contributed by atoms with Crippen molar-refractivity contribution in [2.75, 3.05) is 13.7 Å². The Hall–Kier alpha value is -3.84. The molecule has 3 rings (SSSR count). The Bertz CT molecular complexity index is 1140. The first-order valence-corrected chi connectivity index (χ1v) is 9.68. The normalized spacial score (nSPS) is 14.4. The van der Waals surface area contributed by atoms with E-state index in [9.17, 15) is 19.6 Å². The number of rotatable bonds is 7. The number of halogens is 1. The molecule has 0 aromatic heterocycles. The van der Waals surface area contributed by atoms with Crippen LogP contribution in [0.2, 0.25) is 0 Å². The minimum absolute atomic E-state index is 0.0585. The first-order chi connectivity index (χ1) is 14.8. The average Bonchev–Trinajstić information content (AvgIpc) is 2.99. The third-order valence-electron chi connectivity index (χ3n) is 4.33. The molecule has 1 fully saturated rings. The SMILES string of the molecule is COc1cc(/C=C2/NC(=O)N(CC(=O)O)C2=O)cc(Br)c1OCc1ccccc1C#N. The maximum atomic E-state index is 12.3. The molecule has 9 nitrogen and oxygen atoms in total. The molecule has 0 aliphatic carbocycles. The number of benzene rings is 2. The third kappa shape index (κ3) is 4.84. The van der Waals surface area contributed by atoms with Gasteiger partial charge in [-0.2, -0.15) is 5.26 Å². The van der Waals surface area contributed by atoms with Gasteiger partial charge >= 0.3 is 12.0 Å². The molecule has 2 aromatic rings. The van der Waals surface area contributed by atoms with Gasteiger partial charge in [0.15, 0.2) is 11.5 Å². The van der Waals surface area contributed by atoms with Crippen LogP contribution >= 0.6 is 15.9 Å². The van der Waals surface area contributed by atoms with Gasteiger partial charge in [0, 0.05) is 5.56 Å². The number of methoxy groups -OCH3 is 1. The lowest BCUT2D eigenvalue weighted by Crippen LogP contribution is -2.35. The number of nitriles is 1. The van der Waals surface area contributed by atoms with Crippen molar-refractivity contribution in [2.45, 2.75) is 6.61 Å². The number of carbonyl (C=O) groups is 3. The second-order valence-corrected chi connectivity index (χ2v) is 7.22. The molecule has 3 amide bonds. The molecule has 0 saturated carbocycles. The van der Waals surface area contributed by atoms with Gasteiger partial charge in [-0.1, -0.05) is 18.2 Å². The largest absolute Gasteiger partial charge is 0.493 e. The Kier molecular flexibility index (Phi) is 6.57. The van der Waals surface area contributed by atoms with Gasteiger partial charge in [0.05, 0.1) is 23.2 Å². The van der Waals surface area contributed by atoms with Crippen LogP contribution in [0.4, 0.5) is 4.79 Å². The molecule has 0 unspecified atom stereocenters. The Morgan fingerprint density at radius 2 is 2.06 bits per heavy atom. The molecule has 0 radical (unpaired) electrons. The van der Waals surface area contributed by atoms with Crippen LogP contribution < -0.4 is 14.8 Å². The van der Waals surface area contributed by atoms with E-state index in [0.29, 0.717) is 37.6 Å². The quantitative estimate of drug-likeness (QED) is 0.455. The fourth-order valence-corrected chi connectivity index (χ4v) is 3.46. The molecule has 2 aromatic carbocycles. The summed E-state index contributed by atoms with van der Waals surface area (Å²) in [5.41, 5.74) is 1.66. The molecule has 1 aliphatic rings. The van der Waals surface area contributed by atoms with Gasteiger partial charge in [-0.15, -0.1) is 0 Å². The summed E-state index contributed by atoms with van der Waals surface area (Å²) in [5, 5.41) is 20.4. The van der Waals surface area contributed by atoms with E-state index < -0.39 is 24.5 Å². The maximum absolute atomic E-state index is 12.3. The predicted molar refractivity (Wildman–Crippen MR) is 112 cm³/mol. The summed E-state index contributed by atoms with van der Waals surface area (Å²) in [7, 11) is 1.45. The summed E-state index contributed by atoms with van der Waals surface area (Å²) in [4.78, 5) is 35.6. The molecular weight excluding hydrogens is 470 g/mol. The zero-order valence-electron chi connectivity index (χ0n) is 16.2. The number of hydrogen-bond acceptors (Lipinski definition) is 6. The number of carboxylic acids is 1. The van der Waals surface area contributed by atoms with E-state index in [0.717, 1.165) is 0 Å². The highest BCUT2D eigenvalue weighted by molar-refractivity contribution is 9.10. The fourth-order valence-electron chi connectivity index (χ4n) is 2.89. The van der Waals surface area contributed by atoms with E-state index in [-0.39, 0.29) is 12.3 Å². The number of nitrogens with one attached hydrogen (secondary N) is 1. The fraction of sp³-hybridized carbons (Fsp3) is 0.143. The highest BCUT2D eigenvalue weighted by Gasteiger charge is 2.34. The molecular formula is C21H16BrN3O6. The van der Waals surface area contributed by atoms with Crippen molar-refractivity contribution in [1.29, 1.82) is 5.26 Å². The minimum atomic E-state index is -1.30. The molecule has 0 atom stereocenters. The van der Waals surface area contributed by atoms with Crippen molar-refractivity contribution in [1.82, 2.24) is 10.2 Å². The molecule has 0 bridgehead atoms. The maximum Gasteiger partial charge on any atom is 0.329 e. The minimum Gasteiger partial charge on any atom is -0.493 e. The van der Waals surface area contributed by atoms with Crippen molar-refractivity contribution in [3.8, 4) is 17.6 Å². The van der Waals surface area contributed by atoms with Crippen molar-refractivity contribution in [3.05, 3.63) is 63.3 Å². The highest BCUT2D eigenvalue weighted by Crippen LogP contribution is 2.38. The zero-order valence-corrected chi connectivity index (χ0v) is 17.8. The van der Waals surface area contributed by atoms with Gasteiger partial charge in [0.2, 0.25) is 0 Å². The van der Waals surface area contributed by atoms with Crippen LogP contribution in [0.25, 0.3) is 6.08 Å². The monoisotopic (exact) mass is 485 g/mol. The van der Waals surface area contributed by atoms with Crippen molar-refractivity contribution in [3.63, 3.8) is 0 Å². The van der Waals surface area contributed by atoms with Gasteiger partial charge in [-0.3, -0.25) is 9.59 Å². The number of aliphatic carboxylic acids is 1. The van der Waals surface area contributed by atoms with Crippen LogP contribution in [0.15, 0.2) is 46.6 Å². The number of carboxylic acid groups (broad SMARTS) is 1. The number of urea groups is 1. The predicted octanol–water partition coefficient (Wildman–Crippen LogP) is 2.89. The van der Waals surface area contributed by atoms with Crippen LogP contribution in [0.3, 0.4) is 0 Å². The Morgan fingerprint density at radius 3 is 2.74 bits per heavy atom. The summed E-state index contributed by atoms with van der Waals surface area (Å²) in [6.45, 7) is -0.593. The van der Waals surface area contributed by atoms with E-state index in [2.05, 4.69) is 27.3 Å². The topological polar surface area (TPSA) is 129 Å². The standard InChI is InChI=1S/C21H16BrN3O6/c1-30-17-8-12(7-16-20(28)25(10-18(26)27)21(29)24-16)6-15(22)19(17)31-11-14-5-3-2-4-13(14)9-23/h2-8H,10-11H2,1H3,(H,24,29)(H,26,27)/b16-7+. The van der Waals surface area contributed by atoms with Crippen molar-refractivity contribution >= 4 is 39.9 Å². The number of carbonyl (C=O) groups excluding carboxylic acids is 2. The highest BCUT2D eigenvalue weighted by atomic mass is 79.9. The molecule has 10 heteroatoms. The van der Waals surface area contributed by atoms with E-state index in [1.807, 2.05) is 6.07 Å². The molecule has 158 valence electrons. The van der Waals surface area contributed by atoms with Crippen LogP contribution in [-0.2, 0) is 16.2 Å². The lowest BCUT2D eigenvalue weighted by atomic mass is 10.1. The van der Waals surface area contributed by atoms with Gasteiger partial charge in [-0.25, -0.2) is 9.69 Å². The molecule has 1 saturated heterocycles. The smallest absolute Gasteiger partial charge is 0.329 e. The second-order valence-electron chi connectivity index (χ2n) is 6.36. The second kappa shape index (κ2) is 9.32. The van der Waals surface area contributed by atoms with Crippen LogP contribution in [0, 0.1) is 11.3 Å². The lowest BCUT2D eigenvalue weighted by Gasteiger charge is -2.14. The lowest BCUT2D eigenvalue weighted by molar-refractivity contribution is -0.140. The number of nitrogens with zero attached hydrogens (tertiary/aromatic N) is 2. The summed E-state index contributed by atoms with van der Waals surface area (Å²) in [6.07, 6.45) is 1.41. The average molecular weight is 486 g/mol. The number of ether oxygens (including phenoxy) is 2. The van der Waals surface area contributed by atoms with Crippen molar-refractivity contribution in [2.24, 2.45) is 0 Å². The van der Waals surface area contributed by atoms with Gasteiger partial charge in [0.25, 0.3) is 5.91 Å². The molecule has 2 N–H and O–H groups in total. The number of hydrogen-bond donors (Lipinski definition) is 2. The molecule has 0 spiro atoms. The van der Waals surface area contributed by atoms with Crippen LogP contribution in [0.1, 0.15) is 16.7 Å². The molecule has 31 heavy (non-hydrogen) atoms. The third-order valence-corrected chi connectivity index (χ3v) is 4.92. The van der Waals surface area contributed by atoms with Gasteiger partial charge in [0.1, 0.15) is 18.8 Å². The zero-order chi connectivity index (χ0) is 22.5. The summed E-state index contributed by atoms with van der Waals surface area (Å²) >= 11 is 3.41. The summed E-state index contributed by atoms with van der Waals surface area (Å²) < 4.78 is 11.8. The van der Waals surface area contributed by atoms with E-state index >= 15 is 0 Å². The van der Waals surface area contributed by atoms with Crippen molar-refractivity contribution < 1.29 is 29.0 Å².